The van der Waals surface area contributed by atoms with E-state index in [9.17, 15) is 29.1 Å². The summed E-state index contributed by atoms with van der Waals surface area (Å²) >= 11 is 0. The third-order valence-corrected chi connectivity index (χ3v) is 9.69. The highest BCUT2D eigenvalue weighted by atomic mass is 16.6. The fourth-order valence-electron chi connectivity index (χ4n) is 7.53. The molecule has 0 aromatic heterocycles. The first-order chi connectivity index (χ1) is 25.3. The van der Waals surface area contributed by atoms with Gasteiger partial charge in [0.15, 0.2) is 0 Å². The highest BCUT2D eigenvalue weighted by Gasteiger charge is 2.76. The monoisotopic (exact) mass is 725 g/mol. The minimum absolute atomic E-state index is 0.0303. The first kappa shape index (κ1) is 38.7. The molecule has 280 valence electrons. The number of fused-ring (bicyclic) bond motifs is 1. The summed E-state index contributed by atoms with van der Waals surface area (Å²) in [5.74, 6) is -5.19. The summed E-state index contributed by atoms with van der Waals surface area (Å²) in [6.45, 7) is 9.96. The molecule has 3 aromatic rings. The Balaban J connectivity index is 1.45. The lowest BCUT2D eigenvalue weighted by Crippen LogP contribution is -2.61. The van der Waals surface area contributed by atoms with Crippen molar-refractivity contribution in [2.75, 3.05) is 6.61 Å². The van der Waals surface area contributed by atoms with Gasteiger partial charge in [0.2, 0.25) is 11.8 Å². The van der Waals surface area contributed by atoms with Crippen LogP contribution in [0.3, 0.4) is 0 Å². The molecular formula is C41H47N3O9. The summed E-state index contributed by atoms with van der Waals surface area (Å²) in [6, 6.07) is 27.2. The smallest absolute Gasteiger partial charge is 0.408 e. The summed E-state index contributed by atoms with van der Waals surface area (Å²) in [6.07, 6.45) is -1.75. The molecule has 0 bridgehead atoms. The highest BCUT2D eigenvalue weighted by molar-refractivity contribution is 5.95. The van der Waals surface area contributed by atoms with Crippen molar-refractivity contribution >= 4 is 29.8 Å². The molecule has 5 rings (SSSR count). The van der Waals surface area contributed by atoms with E-state index >= 15 is 0 Å². The first-order valence-corrected chi connectivity index (χ1v) is 17.7. The van der Waals surface area contributed by atoms with Gasteiger partial charge in [0.25, 0.3) is 0 Å². The number of carbonyl (C=O) groups excluding carboxylic acids is 5. The van der Waals surface area contributed by atoms with E-state index in [0.29, 0.717) is 0 Å². The molecule has 3 amide bonds. The Kier molecular flexibility index (Phi) is 11.7. The summed E-state index contributed by atoms with van der Waals surface area (Å²) in [5, 5.41) is 19.5. The topological polar surface area (TPSA) is 169 Å². The van der Waals surface area contributed by atoms with E-state index in [1.165, 1.54) is 0 Å². The van der Waals surface area contributed by atoms with Gasteiger partial charge in [-0.2, -0.15) is 0 Å². The van der Waals surface area contributed by atoms with E-state index in [1.807, 2.05) is 91.0 Å². The molecule has 2 aliphatic carbocycles. The van der Waals surface area contributed by atoms with Gasteiger partial charge in [0.05, 0.1) is 24.9 Å². The van der Waals surface area contributed by atoms with Crippen molar-refractivity contribution < 1.29 is 43.3 Å². The number of alkyl carbamates (subject to hydrolysis) is 1. The van der Waals surface area contributed by atoms with Crippen LogP contribution < -0.4 is 16.0 Å². The number of esters is 2. The average Bonchev–Trinajstić information content (AvgIpc) is 3.83. The molecule has 3 aromatic carbocycles. The molecule has 4 N–H and O–H groups in total. The molecule has 2 saturated carbocycles. The van der Waals surface area contributed by atoms with Gasteiger partial charge >= 0.3 is 18.0 Å². The molecule has 0 spiro atoms. The van der Waals surface area contributed by atoms with E-state index < -0.39 is 76.4 Å². The third-order valence-electron chi connectivity index (χ3n) is 9.69. The number of aliphatic hydroxyl groups is 1. The van der Waals surface area contributed by atoms with Crippen molar-refractivity contribution in [3.05, 3.63) is 121 Å². The van der Waals surface area contributed by atoms with Crippen LogP contribution in [-0.4, -0.2) is 64.8 Å². The SMILES string of the molecule is C=COC(=O)[C@H]1[C@H]2[C@@H]1[C@@](NC(=O)[C@H](CCC(=O)NC(c1ccccc1)(c1ccccc1)c1ccccc1)NC(=O)OC(C)(C)C)(C(=O)OCC)C[C@@H]2O. The Morgan fingerprint density at radius 3 is 1.91 bits per heavy atom. The van der Waals surface area contributed by atoms with Crippen LogP contribution in [0, 0.1) is 17.8 Å². The quantitative estimate of drug-likeness (QED) is 0.0810. The zero-order valence-corrected chi connectivity index (χ0v) is 30.4. The van der Waals surface area contributed by atoms with Gasteiger partial charge in [0, 0.05) is 24.7 Å². The lowest BCUT2D eigenvalue weighted by atomic mass is 9.77. The van der Waals surface area contributed by atoms with Crippen molar-refractivity contribution in [1.82, 2.24) is 16.0 Å². The van der Waals surface area contributed by atoms with Crippen LogP contribution in [0.2, 0.25) is 0 Å². The number of benzene rings is 3. The molecule has 12 nitrogen and oxygen atoms in total. The van der Waals surface area contributed by atoms with Gasteiger partial charge < -0.3 is 35.3 Å². The van der Waals surface area contributed by atoms with Crippen LogP contribution in [-0.2, 0) is 38.9 Å². The number of hydrogen-bond acceptors (Lipinski definition) is 9. The lowest BCUT2D eigenvalue weighted by Gasteiger charge is -2.37. The molecule has 0 aliphatic heterocycles. The molecule has 0 unspecified atom stereocenters. The van der Waals surface area contributed by atoms with Gasteiger partial charge in [-0.25, -0.2) is 9.59 Å². The van der Waals surface area contributed by atoms with Crippen LogP contribution in [0.4, 0.5) is 4.79 Å². The molecule has 2 aliphatic rings. The zero-order chi connectivity index (χ0) is 38.4. The van der Waals surface area contributed by atoms with Crippen molar-refractivity contribution in [1.29, 1.82) is 0 Å². The largest absolute Gasteiger partial charge is 0.464 e. The summed E-state index contributed by atoms with van der Waals surface area (Å²) < 4.78 is 15.8. The maximum Gasteiger partial charge on any atom is 0.408 e. The normalized spacial score (nSPS) is 22.3. The molecule has 12 heteroatoms. The number of carbonyl (C=O) groups is 5. The second-order valence-electron chi connectivity index (χ2n) is 14.3. The fourth-order valence-corrected chi connectivity index (χ4v) is 7.53. The van der Waals surface area contributed by atoms with Gasteiger partial charge in [-0.1, -0.05) is 97.6 Å². The standard InChI is InChI=1S/C41H47N3O9/c1-6-51-36(48)33-32-30(45)25-40(34(32)33,37(49)52-7-2)44-35(47)29(42-38(50)53-39(3,4)5)23-24-31(46)43-41(26-17-11-8-12-18-26,27-19-13-9-14-20-27)28-21-15-10-16-22-28/h6,8-22,29-30,32-34,45H,1,7,23-25H2,2-5H3,(H,42,50)(H,43,46)(H,44,47)/t29-,30-,32-,33-,34-,40+/m0/s1. The number of aliphatic hydroxyl groups excluding tert-OH is 1. The Morgan fingerprint density at radius 2 is 1.43 bits per heavy atom. The van der Waals surface area contributed by atoms with Crippen LogP contribution in [0.5, 0.6) is 0 Å². The molecule has 0 saturated heterocycles. The molecule has 6 atom stereocenters. The average molecular weight is 726 g/mol. The number of nitrogens with one attached hydrogen (secondary N) is 3. The van der Waals surface area contributed by atoms with E-state index in [0.717, 1.165) is 23.0 Å². The number of hydrogen-bond donors (Lipinski definition) is 4. The second kappa shape index (κ2) is 16.0. The molecule has 53 heavy (non-hydrogen) atoms. The summed E-state index contributed by atoms with van der Waals surface area (Å²) in [4.78, 5) is 67.8. The van der Waals surface area contributed by atoms with E-state index in [-0.39, 0.29) is 25.9 Å². The van der Waals surface area contributed by atoms with Crippen molar-refractivity contribution in [2.24, 2.45) is 17.8 Å². The Labute approximate surface area is 309 Å². The number of rotatable bonds is 14. The summed E-state index contributed by atoms with van der Waals surface area (Å²) in [7, 11) is 0. The fraction of sp³-hybridized carbons (Fsp3) is 0.390. The lowest BCUT2D eigenvalue weighted by molar-refractivity contribution is -0.156. The molecular weight excluding hydrogens is 678 g/mol. The zero-order valence-electron chi connectivity index (χ0n) is 30.4. The van der Waals surface area contributed by atoms with Crippen LogP contribution in [0.15, 0.2) is 104 Å². The minimum atomic E-state index is -1.80. The van der Waals surface area contributed by atoms with Gasteiger partial charge in [-0.3, -0.25) is 14.4 Å². The molecule has 0 radical (unpaired) electrons. The van der Waals surface area contributed by atoms with Crippen LogP contribution in [0.25, 0.3) is 0 Å². The third kappa shape index (κ3) is 8.28. The molecule has 0 heterocycles. The van der Waals surface area contributed by atoms with Crippen molar-refractivity contribution in [3.63, 3.8) is 0 Å². The minimum Gasteiger partial charge on any atom is -0.464 e. The Bertz CT molecular complexity index is 1700. The predicted molar refractivity (Wildman–Crippen MR) is 195 cm³/mol. The predicted octanol–water partition coefficient (Wildman–Crippen LogP) is 4.50. The molecule has 2 fully saturated rings. The van der Waals surface area contributed by atoms with Crippen molar-refractivity contribution in [3.8, 4) is 0 Å². The Hall–Kier alpha value is -5.49. The maximum atomic E-state index is 14.2. The van der Waals surface area contributed by atoms with E-state index in [4.69, 9.17) is 14.2 Å². The first-order valence-electron chi connectivity index (χ1n) is 17.7. The number of amides is 3. The van der Waals surface area contributed by atoms with Crippen molar-refractivity contribution in [2.45, 2.75) is 75.8 Å². The Morgan fingerprint density at radius 1 is 0.906 bits per heavy atom. The van der Waals surface area contributed by atoms with Crippen LogP contribution in [0.1, 0.15) is 63.6 Å². The summed E-state index contributed by atoms with van der Waals surface area (Å²) in [5.41, 5.74) is -1.45. The second-order valence-corrected chi connectivity index (χ2v) is 14.3. The van der Waals surface area contributed by atoms with Gasteiger partial charge in [-0.15, -0.1) is 0 Å². The maximum absolute atomic E-state index is 14.2. The van der Waals surface area contributed by atoms with Gasteiger partial charge in [0.1, 0.15) is 22.7 Å². The highest BCUT2D eigenvalue weighted by Crippen LogP contribution is 2.63. The number of ether oxygens (including phenoxy) is 3. The van der Waals surface area contributed by atoms with Crippen LogP contribution >= 0.6 is 0 Å². The van der Waals surface area contributed by atoms with E-state index in [2.05, 4.69) is 22.5 Å². The van der Waals surface area contributed by atoms with Gasteiger partial charge in [-0.05, 0) is 50.8 Å². The van der Waals surface area contributed by atoms with E-state index in [1.54, 1.807) is 27.7 Å².